The molecule has 1 saturated carbocycles. The molecular weight excluding hydrogens is 208 g/mol. The molecule has 0 spiro atoms. The third kappa shape index (κ3) is 1.78. The van der Waals surface area contributed by atoms with Crippen molar-refractivity contribution in [3.8, 4) is 0 Å². The van der Waals surface area contributed by atoms with Crippen LogP contribution in [0.25, 0.3) is 0 Å². The van der Waals surface area contributed by atoms with Crippen LogP contribution in [0, 0.1) is 5.92 Å². The molecule has 2 atom stereocenters. The van der Waals surface area contributed by atoms with E-state index in [4.69, 9.17) is 5.11 Å². The first-order valence-electron chi connectivity index (χ1n) is 5.05. The number of carbonyl (C=O) groups is 2. The monoisotopic (exact) mass is 220 g/mol. The molecule has 1 aromatic rings. The first-order valence-corrected chi connectivity index (χ1v) is 5.05. The average molecular weight is 220 g/mol. The number of esters is 1. The molecule has 4 nitrogen and oxygen atoms in total. The van der Waals surface area contributed by atoms with Crippen molar-refractivity contribution in [2.45, 2.75) is 12.3 Å². The lowest BCUT2D eigenvalue weighted by atomic mass is 10.0. The summed E-state index contributed by atoms with van der Waals surface area (Å²) in [7, 11) is 1.32. The van der Waals surface area contributed by atoms with E-state index in [1.165, 1.54) is 7.11 Å². The van der Waals surface area contributed by atoms with Crippen LogP contribution < -0.4 is 0 Å². The Morgan fingerprint density at radius 3 is 2.62 bits per heavy atom. The fourth-order valence-corrected chi connectivity index (χ4v) is 1.93. The lowest BCUT2D eigenvalue weighted by molar-refractivity contribution is -0.138. The van der Waals surface area contributed by atoms with Crippen molar-refractivity contribution in [1.29, 1.82) is 0 Å². The van der Waals surface area contributed by atoms with Crippen LogP contribution in [0.5, 0.6) is 0 Å². The van der Waals surface area contributed by atoms with Gasteiger partial charge in [-0.2, -0.15) is 0 Å². The van der Waals surface area contributed by atoms with Crippen LogP contribution in [-0.2, 0) is 9.53 Å². The van der Waals surface area contributed by atoms with E-state index < -0.39 is 11.9 Å². The van der Waals surface area contributed by atoms with E-state index in [0.717, 1.165) is 5.56 Å². The van der Waals surface area contributed by atoms with E-state index in [0.29, 0.717) is 12.0 Å². The minimum absolute atomic E-state index is 0.0483. The largest absolute Gasteiger partial charge is 0.481 e. The van der Waals surface area contributed by atoms with E-state index in [1.54, 1.807) is 24.3 Å². The van der Waals surface area contributed by atoms with Gasteiger partial charge >= 0.3 is 11.9 Å². The van der Waals surface area contributed by atoms with Crippen molar-refractivity contribution in [3.05, 3.63) is 35.4 Å². The molecule has 84 valence electrons. The Morgan fingerprint density at radius 1 is 1.38 bits per heavy atom. The molecule has 0 heterocycles. The van der Waals surface area contributed by atoms with Gasteiger partial charge in [-0.15, -0.1) is 0 Å². The fourth-order valence-electron chi connectivity index (χ4n) is 1.93. The molecule has 1 fully saturated rings. The van der Waals surface area contributed by atoms with Crippen molar-refractivity contribution >= 4 is 11.9 Å². The van der Waals surface area contributed by atoms with Crippen LogP contribution in [-0.4, -0.2) is 24.2 Å². The molecule has 0 unspecified atom stereocenters. The molecule has 2 rings (SSSR count). The van der Waals surface area contributed by atoms with Gasteiger partial charge in [0, 0.05) is 0 Å². The van der Waals surface area contributed by atoms with E-state index in [9.17, 15) is 9.59 Å². The Hall–Kier alpha value is -1.84. The van der Waals surface area contributed by atoms with Gasteiger partial charge in [0.2, 0.25) is 0 Å². The van der Waals surface area contributed by atoms with Crippen molar-refractivity contribution < 1.29 is 19.4 Å². The molecule has 1 aliphatic carbocycles. The number of hydrogen-bond donors (Lipinski definition) is 1. The lowest BCUT2D eigenvalue weighted by Crippen LogP contribution is -2.06. The first-order chi connectivity index (χ1) is 7.65. The lowest BCUT2D eigenvalue weighted by Gasteiger charge is -2.06. The van der Waals surface area contributed by atoms with Gasteiger partial charge in [-0.05, 0) is 24.0 Å². The number of carboxylic acids is 1. The average Bonchev–Trinajstić information content (AvgIpc) is 3.08. The second-order valence-corrected chi connectivity index (χ2v) is 3.87. The van der Waals surface area contributed by atoms with Gasteiger partial charge in [0.15, 0.2) is 0 Å². The zero-order valence-corrected chi connectivity index (χ0v) is 8.84. The molecule has 1 N–H and O–H groups in total. The summed E-state index contributed by atoms with van der Waals surface area (Å²) in [5.41, 5.74) is 1.25. The zero-order valence-electron chi connectivity index (χ0n) is 8.84. The molecule has 4 heteroatoms. The number of carbonyl (C=O) groups excluding carboxylic acids is 1. The van der Waals surface area contributed by atoms with Gasteiger partial charge < -0.3 is 9.84 Å². The minimum Gasteiger partial charge on any atom is -0.481 e. The van der Waals surface area contributed by atoms with E-state index in [2.05, 4.69) is 4.74 Å². The van der Waals surface area contributed by atoms with Gasteiger partial charge in [0.25, 0.3) is 0 Å². The van der Waals surface area contributed by atoms with E-state index in [1.807, 2.05) is 0 Å². The van der Waals surface area contributed by atoms with Crippen molar-refractivity contribution in [3.63, 3.8) is 0 Å². The van der Waals surface area contributed by atoms with Gasteiger partial charge in [-0.3, -0.25) is 4.79 Å². The third-order valence-electron chi connectivity index (χ3n) is 2.87. The summed E-state index contributed by atoms with van der Waals surface area (Å²) in [6.45, 7) is 0. The Kier molecular flexibility index (Phi) is 2.64. The highest BCUT2D eigenvalue weighted by molar-refractivity contribution is 5.92. The van der Waals surface area contributed by atoms with Crippen LogP contribution in [0.4, 0.5) is 0 Å². The van der Waals surface area contributed by atoms with Gasteiger partial charge in [0.05, 0.1) is 18.6 Å². The summed E-state index contributed by atoms with van der Waals surface area (Å²) in [5, 5.41) is 8.86. The molecule has 1 aliphatic rings. The summed E-state index contributed by atoms with van der Waals surface area (Å²) >= 11 is 0. The smallest absolute Gasteiger partial charge is 0.338 e. The fraction of sp³-hybridized carbons (Fsp3) is 0.333. The number of rotatable bonds is 3. The molecule has 1 aromatic carbocycles. The molecule has 0 saturated heterocycles. The maximum Gasteiger partial charge on any atom is 0.338 e. The number of carboxylic acid groups (broad SMARTS) is 1. The molecule has 0 aliphatic heterocycles. The Morgan fingerprint density at radius 2 is 2.06 bits per heavy atom. The predicted octanol–water partition coefficient (Wildman–Crippen LogP) is 1.66. The standard InChI is InChI=1S/C12H12O4/c1-16-12(15)8-5-3-2-4-7(8)9-6-10(9)11(13)14/h2-5,9-10H,6H2,1H3,(H,13,14)/t9-,10-/m1/s1. The molecule has 0 amide bonds. The van der Waals surface area contributed by atoms with E-state index >= 15 is 0 Å². The van der Waals surface area contributed by atoms with Crippen LogP contribution >= 0.6 is 0 Å². The Labute approximate surface area is 92.8 Å². The third-order valence-corrected chi connectivity index (χ3v) is 2.87. The molecule has 0 bridgehead atoms. The maximum atomic E-state index is 11.5. The summed E-state index contributed by atoms with van der Waals surface area (Å²) < 4.78 is 4.66. The van der Waals surface area contributed by atoms with Gasteiger partial charge in [-0.25, -0.2) is 4.79 Å². The number of benzene rings is 1. The summed E-state index contributed by atoms with van der Waals surface area (Å²) in [6, 6.07) is 7.01. The van der Waals surface area contributed by atoms with Crippen molar-refractivity contribution in [1.82, 2.24) is 0 Å². The minimum atomic E-state index is -0.801. The topological polar surface area (TPSA) is 63.6 Å². The summed E-state index contributed by atoms with van der Waals surface area (Å²) in [4.78, 5) is 22.3. The highest BCUT2D eigenvalue weighted by Gasteiger charge is 2.45. The SMILES string of the molecule is COC(=O)c1ccccc1[C@H]1C[C@H]1C(=O)O. The molecule has 0 aromatic heterocycles. The van der Waals surface area contributed by atoms with Gasteiger partial charge in [0.1, 0.15) is 0 Å². The number of hydrogen-bond acceptors (Lipinski definition) is 3. The first kappa shape index (κ1) is 10.7. The highest BCUT2D eigenvalue weighted by Crippen LogP contribution is 2.48. The Bertz CT molecular complexity index is 438. The predicted molar refractivity (Wildman–Crippen MR) is 56.3 cm³/mol. The highest BCUT2D eigenvalue weighted by atomic mass is 16.5. The second kappa shape index (κ2) is 3.96. The molecule has 0 radical (unpaired) electrons. The normalized spacial score (nSPS) is 22.6. The summed E-state index contributed by atoms with van der Waals surface area (Å²) in [5.74, 6) is -1.62. The van der Waals surface area contributed by atoms with Crippen molar-refractivity contribution in [2.75, 3.05) is 7.11 Å². The maximum absolute atomic E-state index is 11.5. The number of ether oxygens (including phenoxy) is 1. The molecular formula is C12H12O4. The summed E-state index contributed by atoms with van der Waals surface area (Å²) in [6.07, 6.45) is 0.601. The van der Waals surface area contributed by atoms with Crippen LogP contribution in [0.3, 0.4) is 0 Å². The second-order valence-electron chi connectivity index (χ2n) is 3.87. The van der Waals surface area contributed by atoms with Crippen LogP contribution in [0.2, 0.25) is 0 Å². The van der Waals surface area contributed by atoms with Crippen LogP contribution in [0.15, 0.2) is 24.3 Å². The van der Waals surface area contributed by atoms with E-state index in [-0.39, 0.29) is 11.8 Å². The van der Waals surface area contributed by atoms with Crippen molar-refractivity contribution in [2.24, 2.45) is 5.92 Å². The quantitative estimate of drug-likeness (QED) is 0.787. The zero-order chi connectivity index (χ0) is 11.7. The number of methoxy groups -OCH3 is 1. The number of aliphatic carboxylic acids is 1. The van der Waals surface area contributed by atoms with Gasteiger partial charge in [-0.1, -0.05) is 18.2 Å². The molecule has 16 heavy (non-hydrogen) atoms. The Balaban J connectivity index is 2.28. The van der Waals surface area contributed by atoms with Crippen LogP contribution in [0.1, 0.15) is 28.3 Å².